The summed E-state index contributed by atoms with van der Waals surface area (Å²) in [6, 6.07) is 20.9. The van der Waals surface area contributed by atoms with E-state index < -0.39 is 26.0 Å². The molecule has 1 N–H and O–H groups in total. The molecule has 3 aromatic rings. The van der Waals surface area contributed by atoms with Crippen molar-refractivity contribution < 1.29 is 26.4 Å². The summed E-state index contributed by atoms with van der Waals surface area (Å²) in [5.74, 6) is -0.462. The smallest absolute Gasteiger partial charge is 0.264 e. The summed E-state index contributed by atoms with van der Waals surface area (Å²) in [6.45, 7) is 1.37. The second-order valence-electron chi connectivity index (χ2n) is 8.24. The molecule has 0 bridgehead atoms. The van der Waals surface area contributed by atoms with Gasteiger partial charge in [0.1, 0.15) is 0 Å². The maximum absolute atomic E-state index is 13.0. The second-order valence-corrected chi connectivity index (χ2v) is 12.2. The normalized spacial score (nSPS) is 14.9. The molecule has 1 fully saturated rings. The molecule has 0 saturated carbocycles. The third-order valence-electron chi connectivity index (χ3n) is 5.79. The van der Waals surface area contributed by atoms with E-state index in [1.54, 1.807) is 60.7 Å². The fourth-order valence-electron chi connectivity index (χ4n) is 3.71. The zero-order chi connectivity index (χ0) is 26.5. The minimum Gasteiger partial charge on any atom is -0.379 e. The van der Waals surface area contributed by atoms with Crippen molar-refractivity contribution in [2.24, 2.45) is 0 Å². The summed E-state index contributed by atoms with van der Waals surface area (Å²) in [5, 5.41) is 2.66. The number of nitrogens with zero attached hydrogens (tertiary/aromatic N) is 2. The lowest BCUT2D eigenvalue weighted by molar-refractivity contribution is -0.111. The van der Waals surface area contributed by atoms with Gasteiger partial charge in [-0.1, -0.05) is 36.4 Å². The third kappa shape index (κ3) is 6.25. The first-order chi connectivity index (χ1) is 17.7. The summed E-state index contributed by atoms with van der Waals surface area (Å²) in [5.41, 5.74) is 1.48. The van der Waals surface area contributed by atoms with E-state index in [-0.39, 0.29) is 9.79 Å². The predicted molar refractivity (Wildman–Crippen MR) is 142 cm³/mol. The van der Waals surface area contributed by atoms with Gasteiger partial charge in [0, 0.05) is 31.9 Å². The number of hydrogen-bond donors (Lipinski definition) is 1. The van der Waals surface area contributed by atoms with Gasteiger partial charge in [-0.2, -0.15) is 4.31 Å². The maximum atomic E-state index is 13.0. The highest BCUT2D eigenvalue weighted by Gasteiger charge is 2.26. The van der Waals surface area contributed by atoms with Crippen LogP contribution in [-0.2, 0) is 29.6 Å². The number of rotatable bonds is 8. The van der Waals surface area contributed by atoms with E-state index in [9.17, 15) is 21.6 Å². The van der Waals surface area contributed by atoms with Crippen LogP contribution in [0.25, 0.3) is 6.08 Å². The van der Waals surface area contributed by atoms with Crippen molar-refractivity contribution in [3.8, 4) is 0 Å². The van der Waals surface area contributed by atoms with E-state index in [1.165, 1.54) is 46.0 Å². The highest BCUT2D eigenvalue weighted by molar-refractivity contribution is 7.92. The molecular formula is C26H27N3O6S2. The van der Waals surface area contributed by atoms with Crippen molar-refractivity contribution >= 4 is 43.4 Å². The first-order valence-electron chi connectivity index (χ1n) is 11.5. The number of anilines is 2. The SMILES string of the molecule is CN(c1ccccc1)S(=O)(=O)c1cccc(NC(=O)/C=C/c2ccc(S(=O)(=O)N3CCOCC3)cc2)c1. The van der Waals surface area contributed by atoms with Gasteiger partial charge in [0.25, 0.3) is 10.0 Å². The van der Waals surface area contributed by atoms with Gasteiger partial charge in [-0.15, -0.1) is 0 Å². The van der Waals surface area contributed by atoms with Crippen LogP contribution in [-0.4, -0.2) is 60.4 Å². The zero-order valence-corrected chi connectivity index (χ0v) is 21.8. The zero-order valence-electron chi connectivity index (χ0n) is 20.1. The van der Waals surface area contributed by atoms with Gasteiger partial charge < -0.3 is 10.1 Å². The van der Waals surface area contributed by atoms with Crippen LogP contribution in [0.1, 0.15) is 5.56 Å². The van der Waals surface area contributed by atoms with Crippen LogP contribution in [0.5, 0.6) is 0 Å². The van der Waals surface area contributed by atoms with E-state index >= 15 is 0 Å². The van der Waals surface area contributed by atoms with Crippen LogP contribution in [0.2, 0.25) is 0 Å². The Bertz CT molecular complexity index is 1480. The van der Waals surface area contributed by atoms with E-state index in [1.807, 2.05) is 0 Å². The molecule has 37 heavy (non-hydrogen) atoms. The Kier molecular flexibility index (Phi) is 8.08. The average molecular weight is 542 g/mol. The first kappa shape index (κ1) is 26.6. The molecule has 1 heterocycles. The number of carbonyl (C=O) groups is 1. The molecule has 194 valence electrons. The fraction of sp³-hybridized carbons (Fsp3) is 0.192. The third-order valence-corrected chi connectivity index (χ3v) is 9.49. The second kappa shape index (κ2) is 11.3. The minimum absolute atomic E-state index is 0.0395. The standard InChI is InChI=1S/C26H27N3O6S2/c1-28(23-7-3-2-4-8-23)36(31,32)25-9-5-6-22(20-25)27-26(30)15-12-21-10-13-24(14-11-21)37(33,34)29-16-18-35-19-17-29/h2-15,20H,16-19H2,1H3,(H,27,30)/b15-12+. The Morgan fingerprint density at radius 3 is 2.24 bits per heavy atom. The topological polar surface area (TPSA) is 113 Å². The predicted octanol–water partition coefficient (Wildman–Crippen LogP) is 3.18. The molecule has 3 aromatic carbocycles. The molecule has 1 amide bonds. The molecule has 4 rings (SSSR count). The summed E-state index contributed by atoms with van der Waals surface area (Å²) in [7, 11) is -5.95. The molecular weight excluding hydrogens is 514 g/mol. The molecule has 1 aliphatic rings. The number of benzene rings is 3. The van der Waals surface area contributed by atoms with Crippen LogP contribution in [0.3, 0.4) is 0 Å². The van der Waals surface area contributed by atoms with Crippen molar-refractivity contribution in [2.75, 3.05) is 43.0 Å². The van der Waals surface area contributed by atoms with Crippen LogP contribution in [0.4, 0.5) is 11.4 Å². The Morgan fingerprint density at radius 2 is 1.57 bits per heavy atom. The number of morpholine rings is 1. The molecule has 0 aromatic heterocycles. The Hall–Kier alpha value is -3.51. The number of amides is 1. The van der Waals surface area contributed by atoms with Crippen molar-refractivity contribution in [3.05, 3.63) is 90.5 Å². The lowest BCUT2D eigenvalue weighted by atomic mass is 10.2. The van der Waals surface area contributed by atoms with E-state index in [0.29, 0.717) is 43.2 Å². The molecule has 0 aliphatic carbocycles. The van der Waals surface area contributed by atoms with Crippen LogP contribution in [0.15, 0.2) is 94.7 Å². The quantitative estimate of drug-likeness (QED) is 0.439. The number of hydrogen-bond acceptors (Lipinski definition) is 6. The molecule has 9 nitrogen and oxygen atoms in total. The summed E-state index contributed by atoms with van der Waals surface area (Å²) >= 11 is 0. The molecule has 0 spiro atoms. The number of sulfonamides is 2. The highest BCUT2D eigenvalue weighted by Crippen LogP contribution is 2.24. The number of para-hydroxylation sites is 1. The van der Waals surface area contributed by atoms with Gasteiger partial charge in [0.05, 0.1) is 28.7 Å². The molecule has 1 saturated heterocycles. The molecule has 1 aliphatic heterocycles. The van der Waals surface area contributed by atoms with Crippen LogP contribution >= 0.6 is 0 Å². The fourth-order valence-corrected chi connectivity index (χ4v) is 6.36. The molecule has 0 atom stereocenters. The minimum atomic E-state index is -3.83. The lowest BCUT2D eigenvalue weighted by Crippen LogP contribution is -2.40. The van der Waals surface area contributed by atoms with Gasteiger partial charge in [0.2, 0.25) is 15.9 Å². The highest BCUT2D eigenvalue weighted by atomic mass is 32.2. The van der Waals surface area contributed by atoms with Crippen LogP contribution in [0, 0.1) is 0 Å². The van der Waals surface area contributed by atoms with Crippen molar-refractivity contribution in [1.82, 2.24) is 4.31 Å². The molecule has 0 radical (unpaired) electrons. The summed E-state index contributed by atoms with van der Waals surface area (Å²) < 4.78 is 59.3. The Balaban J connectivity index is 1.42. The van der Waals surface area contributed by atoms with E-state index in [4.69, 9.17) is 4.74 Å². The van der Waals surface area contributed by atoms with Crippen molar-refractivity contribution in [2.45, 2.75) is 9.79 Å². The largest absolute Gasteiger partial charge is 0.379 e. The Labute approximate surface area is 217 Å². The number of nitrogens with one attached hydrogen (secondary N) is 1. The van der Waals surface area contributed by atoms with Gasteiger partial charge in [-0.25, -0.2) is 16.8 Å². The number of carbonyl (C=O) groups excluding carboxylic acids is 1. The van der Waals surface area contributed by atoms with Crippen molar-refractivity contribution in [3.63, 3.8) is 0 Å². The molecule has 0 unspecified atom stereocenters. The monoisotopic (exact) mass is 541 g/mol. The maximum Gasteiger partial charge on any atom is 0.264 e. The van der Waals surface area contributed by atoms with E-state index in [0.717, 1.165) is 0 Å². The van der Waals surface area contributed by atoms with Gasteiger partial charge in [0.15, 0.2) is 0 Å². The number of ether oxygens (including phenoxy) is 1. The van der Waals surface area contributed by atoms with Gasteiger partial charge >= 0.3 is 0 Å². The summed E-state index contributed by atoms with van der Waals surface area (Å²) in [6.07, 6.45) is 2.84. The Morgan fingerprint density at radius 1 is 0.892 bits per heavy atom. The molecule has 11 heteroatoms. The van der Waals surface area contributed by atoms with Crippen LogP contribution < -0.4 is 9.62 Å². The van der Waals surface area contributed by atoms with Crippen molar-refractivity contribution in [1.29, 1.82) is 0 Å². The average Bonchev–Trinajstić information content (AvgIpc) is 2.93. The van der Waals surface area contributed by atoms with E-state index in [2.05, 4.69) is 5.32 Å². The first-order valence-corrected chi connectivity index (χ1v) is 14.4. The van der Waals surface area contributed by atoms with Gasteiger partial charge in [-0.3, -0.25) is 9.10 Å². The summed E-state index contributed by atoms with van der Waals surface area (Å²) in [4.78, 5) is 12.7. The van der Waals surface area contributed by atoms with Gasteiger partial charge in [-0.05, 0) is 54.1 Å². The lowest BCUT2D eigenvalue weighted by Gasteiger charge is -2.26.